The Hall–Kier alpha value is 0.499. The van der Waals surface area contributed by atoms with Gasteiger partial charge in [-0.1, -0.05) is 0 Å². The SMILES string of the molecule is C/[C](=C\C(C)O)[Sn]([CH3])([CH3])[CH3]. The number of aliphatic hydroxyl groups excluding tert-OH is 1. The minimum absolute atomic E-state index is 0.268. The summed E-state index contributed by atoms with van der Waals surface area (Å²) in [5.41, 5.74) is 0. The van der Waals surface area contributed by atoms with E-state index in [1.807, 2.05) is 6.08 Å². The summed E-state index contributed by atoms with van der Waals surface area (Å²) in [6.07, 6.45) is 1.71. The van der Waals surface area contributed by atoms with E-state index in [4.69, 9.17) is 5.11 Å². The molecule has 0 fully saturated rings. The van der Waals surface area contributed by atoms with Crippen molar-refractivity contribution in [2.75, 3.05) is 0 Å². The zero-order valence-corrected chi connectivity index (χ0v) is 10.5. The Kier molecular flexibility index (Phi) is 3.95. The summed E-state index contributed by atoms with van der Waals surface area (Å²) in [5.74, 6) is 0. The Morgan fingerprint density at radius 1 is 1.40 bits per heavy atom. The first kappa shape index (κ1) is 10.5. The summed E-state index contributed by atoms with van der Waals surface area (Å²) in [6, 6.07) is 0. The summed E-state index contributed by atoms with van der Waals surface area (Å²) < 4.78 is 1.45. The van der Waals surface area contributed by atoms with Gasteiger partial charge >= 0.3 is 67.9 Å². The molecular formula is C8H18OSn. The summed E-state index contributed by atoms with van der Waals surface area (Å²) in [4.78, 5) is 7.05. The van der Waals surface area contributed by atoms with Crippen LogP contribution in [0.15, 0.2) is 9.67 Å². The van der Waals surface area contributed by atoms with Crippen molar-refractivity contribution in [2.45, 2.75) is 34.8 Å². The van der Waals surface area contributed by atoms with Crippen molar-refractivity contribution in [3.63, 3.8) is 0 Å². The van der Waals surface area contributed by atoms with Crippen LogP contribution in [-0.4, -0.2) is 29.6 Å². The second-order valence-corrected chi connectivity index (χ2v) is 18.9. The van der Waals surface area contributed by atoms with Gasteiger partial charge in [-0.05, 0) is 0 Å². The fourth-order valence-corrected chi connectivity index (χ4v) is 2.73. The first-order chi connectivity index (χ1) is 4.34. The number of aliphatic hydroxyl groups is 1. The van der Waals surface area contributed by atoms with Crippen LogP contribution in [0.3, 0.4) is 0 Å². The Labute approximate surface area is 68.0 Å². The molecule has 0 rings (SSSR count). The van der Waals surface area contributed by atoms with Crippen molar-refractivity contribution in [1.82, 2.24) is 0 Å². The quantitative estimate of drug-likeness (QED) is 0.743. The third-order valence-corrected chi connectivity index (χ3v) is 8.90. The predicted molar refractivity (Wildman–Crippen MR) is 48.8 cm³/mol. The molecule has 2 heteroatoms. The van der Waals surface area contributed by atoms with Crippen molar-refractivity contribution >= 4 is 18.4 Å². The third kappa shape index (κ3) is 4.34. The van der Waals surface area contributed by atoms with E-state index in [2.05, 4.69) is 21.7 Å². The summed E-state index contributed by atoms with van der Waals surface area (Å²) in [7, 11) is 0. The summed E-state index contributed by atoms with van der Waals surface area (Å²) >= 11 is -1.79. The van der Waals surface area contributed by atoms with Crippen molar-refractivity contribution in [3.05, 3.63) is 9.67 Å². The minimum atomic E-state index is -1.79. The molecular weight excluding hydrogens is 231 g/mol. The fraction of sp³-hybridized carbons (Fsp3) is 0.750. The molecule has 1 unspecified atom stereocenters. The van der Waals surface area contributed by atoms with Gasteiger partial charge in [0.15, 0.2) is 0 Å². The van der Waals surface area contributed by atoms with Gasteiger partial charge in [0.2, 0.25) is 0 Å². The van der Waals surface area contributed by atoms with E-state index in [-0.39, 0.29) is 6.10 Å². The van der Waals surface area contributed by atoms with E-state index in [9.17, 15) is 0 Å². The fourth-order valence-electron chi connectivity index (χ4n) is 0.612. The van der Waals surface area contributed by atoms with Gasteiger partial charge in [-0.25, -0.2) is 0 Å². The van der Waals surface area contributed by atoms with Crippen molar-refractivity contribution < 1.29 is 5.11 Å². The van der Waals surface area contributed by atoms with Crippen LogP contribution in [-0.2, 0) is 0 Å². The molecule has 1 N–H and O–H groups in total. The van der Waals surface area contributed by atoms with Crippen LogP contribution < -0.4 is 0 Å². The second kappa shape index (κ2) is 3.77. The molecule has 1 nitrogen and oxygen atoms in total. The molecule has 1 atom stereocenters. The van der Waals surface area contributed by atoms with Gasteiger partial charge < -0.3 is 0 Å². The van der Waals surface area contributed by atoms with Crippen molar-refractivity contribution in [3.8, 4) is 0 Å². The number of hydrogen-bond donors (Lipinski definition) is 1. The molecule has 0 bridgehead atoms. The molecule has 0 aromatic heterocycles. The maximum atomic E-state index is 9.04. The molecule has 60 valence electrons. The van der Waals surface area contributed by atoms with Crippen LogP contribution in [0.1, 0.15) is 13.8 Å². The van der Waals surface area contributed by atoms with Crippen molar-refractivity contribution in [1.29, 1.82) is 0 Å². The third-order valence-electron chi connectivity index (χ3n) is 1.67. The maximum absolute atomic E-state index is 9.04. The summed E-state index contributed by atoms with van der Waals surface area (Å²) in [6.45, 7) is 3.95. The molecule has 0 aliphatic rings. The molecule has 0 spiro atoms. The molecule has 0 amide bonds. The van der Waals surface area contributed by atoms with Crippen LogP contribution in [0.2, 0.25) is 14.8 Å². The Balaban J connectivity index is 4.20. The molecule has 10 heavy (non-hydrogen) atoms. The van der Waals surface area contributed by atoms with E-state index >= 15 is 0 Å². The molecule has 0 saturated heterocycles. The van der Waals surface area contributed by atoms with Crippen LogP contribution in [0.5, 0.6) is 0 Å². The van der Waals surface area contributed by atoms with E-state index in [1.54, 1.807) is 6.92 Å². The van der Waals surface area contributed by atoms with Gasteiger partial charge in [0.05, 0.1) is 0 Å². The topological polar surface area (TPSA) is 20.2 Å². The van der Waals surface area contributed by atoms with E-state index in [0.717, 1.165) is 0 Å². The second-order valence-electron chi connectivity index (χ2n) is 3.84. The number of rotatable bonds is 2. The molecule has 0 aliphatic heterocycles. The van der Waals surface area contributed by atoms with Gasteiger partial charge in [0, 0.05) is 0 Å². The number of allylic oxidation sites excluding steroid dienone is 1. The average Bonchev–Trinajstić information content (AvgIpc) is 1.60. The molecule has 0 aromatic carbocycles. The van der Waals surface area contributed by atoms with Gasteiger partial charge in [0.25, 0.3) is 0 Å². The van der Waals surface area contributed by atoms with Crippen LogP contribution in [0.4, 0.5) is 0 Å². The molecule has 0 heterocycles. The van der Waals surface area contributed by atoms with Crippen LogP contribution >= 0.6 is 0 Å². The van der Waals surface area contributed by atoms with E-state index in [1.165, 1.54) is 3.59 Å². The molecule has 0 radical (unpaired) electrons. The standard InChI is InChI=1S/C5H9O.3CH3.Sn/c1-3-4-5(2)6;;;;/h4-6H,1-2H3;3*1H3;. The number of hydrogen-bond acceptors (Lipinski definition) is 1. The van der Waals surface area contributed by atoms with E-state index in [0.29, 0.717) is 0 Å². The molecule has 0 aliphatic carbocycles. The van der Waals surface area contributed by atoms with Gasteiger partial charge in [-0.15, -0.1) is 0 Å². The summed E-state index contributed by atoms with van der Waals surface area (Å²) in [5, 5.41) is 9.04. The normalized spacial score (nSPS) is 17.2. The van der Waals surface area contributed by atoms with Gasteiger partial charge in [-0.2, -0.15) is 0 Å². The monoisotopic (exact) mass is 250 g/mol. The Morgan fingerprint density at radius 2 is 1.80 bits per heavy atom. The van der Waals surface area contributed by atoms with Crippen LogP contribution in [0, 0.1) is 0 Å². The van der Waals surface area contributed by atoms with Gasteiger partial charge in [-0.3, -0.25) is 0 Å². The molecule has 0 aromatic rings. The molecule has 0 saturated carbocycles. The Bertz CT molecular complexity index is 131. The van der Waals surface area contributed by atoms with E-state index < -0.39 is 18.4 Å². The van der Waals surface area contributed by atoms with Crippen molar-refractivity contribution in [2.24, 2.45) is 0 Å². The first-order valence-electron chi connectivity index (χ1n) is 3.71. The van der Waals surface area contributed by atoms with Gasteiger partial charge in [0.1, 0.15) is 0 Å². The predicted octanol–water partition coefficient (Wildman–Crippen LogP) is 2.19. The zero-order valence-electron chi connectivity index (χ0n) is 7.60. The Morgan fingerprint density at radius 3 is 1.90 bits per heavy atom. The first-order valence-corrected chi connectivity index (χ1v) is 13.7. The average molecular weight is 249 g/mol. The van der Waals surface area contributed by atoms with Crippen LogP contribution in [0.25, 0.3) is 0 Å². The zero-order chi connectivity index (χ0) is 8.36.